The largest absolute Gasteiger partial charge is 0.352 e. The van der Waals surface area contributed by atoms with Crippen molar-refractivity contribution in [3.8, 4) is 0 Å². The fourth-order valence-electron chi connectivity index (χ4n) is 2.45. The molecule has 0 aliphatic heterocycles. The summed E-state index contributed by atoms with van der Waals surface area (Å²) < 4.78 is 0.960. The molecule has 1 amide bonds. The van der Waals surface area contributed by atoms with Crippen LogP contribution < -0.4 is 10.6 Å². The molecule has 4 nitrogen and oxygen atoms in total. The summed E-state index contributed by atoms with van der Waals surface area (Å²) >= 11 is 3.44. The summed E-state index contributed by atoms with van der Waals surface area (Å²) in [7, 11) is 0. The average Bonchev–Trinajstić information content (AvgIpc) is 2.63. The molecular formula is C20H18BrN3O. The molecule has 0 aliphatic rings. The molecule has 126 valence electrons. The summed E-state index contributed by atoms with van der Waals surface area (Å²) in [6, 6.07) is 21.3. The van der Waals surface area contributed by atoms with Crippen molar-refractivity contribution in [3.63, 3.8) is 0 Å². The number of benzene rings is 2. The number of aromatic nitrogens is 1. The van der Waals surface area contributed by atoms with Crippen LogP contribution in [0.5, 0.6) is 0 Å². The number of hydrogen-bond acceptors (Lipinski definition) is 3. The minimum Gasteiger partial charge on any atom is -0.352 e. The van der Waals surface area contributed by atoms with Crippen LogP contribution >= 0.6 is 15.9 Å². The second-order valence-electron chi connectivity index (χ2n) is 5.53. The predicted octanol–water partition coefficient (Wildman–Crippen LogP) is 4.56. The van der Waals surface area contributed by atoms with Crippen LogP contribution in [0.15, 0.2) is 77.4 Å². The lowest BCUT2D eigenvalue weighted by Crippen LogP contribution is -2.26. The quantitative estimate of drug-likeness (QED) is 0.642. The van der Waals surface area contributed by atoms with Gasteiger partial charge in [-0.05, 0) is 42.3 Å². The van der Waals surface area contributed by atoms with Gasteiger partial charge in [0, 0.05) is 22.9 Å². The van der Waals surface area contributed by atoms with E-state index in [0.29, 0.717) is 17.9 Å². The van der Waals surface area contributed by atoms with Gasteiger partial charge in [-0.2, -0.15) is 0 Å². The topological polar surface area (TPSA) is 54.0 Å². The van der Waals surface area contributed by atoms with Crippen molar-refractivity contribution in [3.05, 3.63) is 88.5 Å². The number of rotatable bonds is 6. The van der Waals surface area contributed by atoms with Crippen LogP contribution in [0, 0.1) is 0 Å². The van der Waals surface area contributed by atoms with Crippen LogP contribution in [0.25, 0.3) is 0 Å². The second-order valence-corrected chi connectivity index (χ2v) is 6.44. The molecule has 25 heavy (non-hydrogen) atoms. The van der Waals surface area contributed by atoms with Gasteiger partial charge < -0.3 is 10.6 Å². The molecule has 0 radical (unpaired) electrons. The number of hydrogen-bond donors (Lipinski definition) is 2. The smallest absolute Gasteiger partial charge is 0.255 e. The Bertz CT molecular complexity index is 852. The Labute approximate surface area is 155 Å². The SMILES string of the molecule is O=C(NCCc1ccccc1)c1cccnc1Nc1cccc(Br)c1. The van der Waals surface area contributed by atoms with Crippen LogP contribution in [-0.2, 0) is 6.42 Å². The van der Waals surface area contributed by atoms with Crippen molar-refractivity contribution in [2.24, 2.45) is 0 Å². The predicted molar refractivity (Wildman–Crippen MR) is 104 cm³/mol. The van der Waals surface area contributed by atoms with Crippen molar-refractivity contribution < 1.29 is 4.79 Å². The van der Waals surface area contributed by atoms with Crippen LogP contribution in [0.4, 0.5) is 11.5 Å². The van der Waals surface area contributed by atoms with Crippen LogP contribution in [-0.4, -0.2) is 17.4 Å². The van der Waals surface area contributed by atoms with E-state index in [0.717, 1.165) is 16.6 Å². The highest BCUT2D eigenvalue weighted by molar-refractivity contribution is 9.10. The van der Waals surface area contributed by atoms with Gasteiger partial charge >= 0.3 is 0 Å². The normalized spacial score (nSPS) is 10.3. The zero-order valence-corrected chi connectivity index (χ0v) is 15.2. The number of anilines is 2. The molecule has 5 heteroatoms. The fraction of sp³-hybridized carbons (Fsp3) is 0.100. The summed E-state index contributed by atoms with van der Waals surface area (Å²) in [4.78, 5) is 16.8. The van der Waals surface area contributed by atoms with E-state index >= 15 is 0 Å². The summed E-state index contributed by atoms with van der Waals surface area (Å²) in [5.41, 5.74) is 2.59. The molecule has 1 heterocycles. The van der Waals surface area contributed by atoms with Crippen molar-refractivity contribution in [2.45, 2.75) is 6.42 Å². The first-order valence-corrected chi connectivity index (χ1v) is 8.81. The van der Waals surface area contributed by atoms with E-state index in [-0.39, 0.29) is 5.91 Å². The minimum absolute atomic E-state index is 0.137. The summed E-state index contributed by atoms with van der Waals surface area (Å²) in [6.45, 7) is 0.577. The number of pyridine rings is 1. The molecule has 2 aromatic carbocycles. The number of carbonyl (C=O) groups excluding carboxylic acids is 1. The molecule has 0 spiro atoms. The van der Waals surface area contributed by atoms with Gasteiger partial charge in [0.1, 0.15) is 5.82 Å². The van der Waals surface area contributed by atoms with Gasteiger partial charge in [0.15, 0.2) is 0 Å². The highest BCUT2D eigenvalue weighted by Gasteiger charge is 2.12. The zero-order valence-electron chi connectivity index (χ0n) is 13.6. The maximum atomic E-state index is 12.5. The maximum absolute atomic E-state index is 12.5. The molecule has 0 bridgehead atoms. The van der Waals surface area contributed by atoms with Crippen molar-refractivity contribution in [2.75, 3.05) is 11.9 Å². The van der Waals surface area contributed by atoms with E-state index < -0.39 is 0 Å². The summed E-state index contributed by atoms with van der Waals surface area (Å²) in [6.07, 6.45) is 2.46. The van der Waals surface area contributed by atoms with E-state index in [1.807, 2.05) is 42.5 Å². The molecule has 2 N–H and O–H groups in total. The molecule has 0 saturated heterocycles. The number of halogens is 1. The van der Waals surface area contributed by atoms with Gasteiger partial charge in [0.25, 0.3) is 5.91 Å². The Kier molecular flexibility index (Phi) is 5.80. The molecule has 0 unspecified atom stereocenters. The lowest BCUT2D eigenvalue weighted by Gasteiger charge is -2.11. The Balaban J connectivity index is 1.66. The van der Waals surface area contributed by atoms with Crippen LogP contribution in [0.2, 0.25) is 0 Å². The lowest BCUT2D eigenvalue weighted by molar-refractivity contribution is 0.0954. The first-order valence-electron chi connectivity index (χ1n) is 8.02. The van der Waals surface area contributed by atoms with Crippen molar-refractivity contribution >= 4 is 33.3 Å². The summed E-state index contributed by atoms with van der Waals surface area (Å²) in [5, 5.41) is 6.16. The van der Waals surface area contributed by atoms with Gasteiger partial charge in [-0.3, -0.25) is 4.79 Å². The van der Waals surface area contributed by atoms with Gasteiger partial charge in [0.2, 0.25) is 0 Å². The van der Waals surface area contributed by atoms with Crippen LogP contribution in [0.1, 0.15) is 15.9 Å². The number of nitrogens with one attached hydrogen (secondary N) is 2. The molecule has 0 atom stereocenters. The Hall–Kier alpha value is -2.66. The number of carbonyl (C=O) groups is 1. The highest BCUT2D eigenvalue weighted by atomic mass is 79.9. The number of amides is 1. The highest BCUT2D eigenvalue weighted by Crippen LogP contribution is 2.21. The third kappa shape index (κ3) is 4.90. The molecule has 0 fully saturated rings. The van der Waals surface area contributed by atoms with Gasteiger partial charge in [0.05, 0.1) is 5.56 Å². The minimum atomic E-state index is -0.137. The van der Waals surface area contributed by atoms with Crippen LogP contribution in [0.3, 0.4) is 0 Å². The molecule has 0 saturated carbocycles. The van der Waals surface area contributed by atoms with E-state index in [2.05, 4.69) is 43.7 Å². The zero-order chi connectivity index (χ0) is 17.5. The third-order valence-electron chi connectivity index (χ3n) is 3.68. The Morgan fingerprint density at radius 1 is 1.00 bits per heavy atom. The van der Waals surface area contributed by atoms with Gasteiger partial charge in [-0.15, -0.1) is 0 Å². The Morgan fingerprint density at radius 2 is 1.84 bits per heavy atom. The average molecular weight is 396 g/mol. The molecule has 0 aliphatic carbocycles. The second kappa shape index (κ2) is 8.44. The van der Waals surface area contributed by atoms with E-state index in [1.54, 1.807) is 18.3 Å². The van der Waals surface area contributed by atoms with E-state index in [4.69, 9.17) is 0 Å². The first-order chi connectivity index (χ1) is 12.2. The fourth-order valence-corrected chi connectivity index (χ4v) is 2.85. The molecule has 3 rings (SSSR count). The van der Waals surface area contributed by atoms with Crippen molar-refractivity contribution in [1.29, 1.82) is 0 Å². The maximum Gasteiger partial charge on any atom is 0.255 e. The van der Waals surface area contributed by atoms with Crippen molar-refractivity contribution in [1.82, 2.24) is 10.3 Å². The number of nitrogens with zero attached hydrogens (tertiary/aromatic N) is 1. The molecule has 1 aromatic heterocycles. The first kappa shape index (κ1) is 17.2. The molecule has 3 aromatic rings. The third-order valence-corrected chi connectivity index (χ3v) is 4.18. The van der Waals surface area contributed by atoms with Gasteiger partial charge in [-0.1, -0.05) is 52.3 Å². The van der Waals surface area contributed by atoms with Gasteiger partial charge in [-0.25, -0.2) is 4.98 Å². The standard InChI is InChI=1S/C20H18BrN3O/c21-16-8-4-9-17(14-16)24-19-18(10-5-12-22-19)20(25)23-13-11-15-6-2-1-3-7-15/h1-10,12,14H,11,13H2,(H,22,24)(H,23,25). The van der Waals surface area contributed by atoms with E-state index in [9.17, 15) is 4.79 Å². The lowest BCUT2D eigenvalue weighted by atomic mass is 10.1. The van der Waals surface area contributed by atoms with E-state index in [1.165, 1.54) is 5.56 Å². The monoisotopic (exact) mass is 395 g/mol. The Morgan fingerprint density at radius 3 is 2.64 bits per heavy atom. The summed E-state index contributed by atoms with van der Waals surface area (Å²) in [5.74, 6) is 0.402. The molecular weight excluding hydrogens is 378 g/mol.